The first kappa shape index (κ1) is 10.6. The Kier molecular flexibility index (Phi) is 3.98. The third-order valence-corrected chi connectivity index (χ3v) is 1.64. The number of nitrogens with zero attached hydrogens (tertiary/aromatic N) is 1. The van der Waals surface area contributed by atoms with E-state index in [1.165, 1.54) is 0 Å². The summed E-state index contributed by atoms with van der Waals surface area (Å²) >= 11 is 0. The zero-order valence-corrected chi connectivity index (χ0v) is 8.78. The molecule has 0 aliphatic rings. The molecule has 3 nitrogen and oxygen atoms in total. The van der Waals surface area contributed by atoms with Gasteiger partial charge < -0.3 is 9.57 Å². The normalized spacial score (nSPS) is 9.36. The van der Waals surface area contributed by atoms with Gasteiger partial charge in [0.05, 0.1) is 12.8 Å². The highest BCUT2D eigenvalue weighted by molar-refractivity contribution is 5.78. The third kappa shape index (κ3) is 3.47. The number of hydrogen-bond acceptors (Lipinski definition) is 3. The van der Waals surface area contributed by atoms with E-state index in [-0.39, 0.29) is 0 Å². The molecule has 3 heteroatoms. The molecule has 0 N–H and O–H groups in total. The van der Waals surface area contributed by atoms with Crippen LogP contribution in [0.2, 0.25) is 0 Å². The number of benzene rings is 1. The van der Waals surface area contributed by atoms with Crippen molar-refractivity contribution in [1.82, 2.24) is 0 Å². The molecule has 0 unspecified atom stereocenters. The molecule has 0 heterocycles. The van der Waals surface area contributed by atoms with Crippen molar-refractivity contribution in [2.75, 3.05) is 7.11 Å². The van der Waals surface area contributed by atoms with Gasteiger partial charge in [0.2, 0.25) is 0 Å². The molecule has 76 valence electrons. The van der Waals surface area contributed by atoms with E-state index in [4.69, 9.17) is 9.57 Å². The summed E-state index contributed by atoms with van der Waals surface area (Å²) in [6, 6.07) is 7.72. The van der Waals surface area contributed by atoms with Crippen LogP contribution in [-0.2, 0) is 11.4 Å². The average Bonchev–Trinajstić information content (AvgIpc) is 2.18. The van der Waals surface area contributed by atoms with Gasteiger partial charge in [-0.1, -0.05) is 17.3 Å². The highest BCUT2D eigenvalue weighted by Crippen LogP contribution is 2.11. The average molecular weight is 193 g/mol. The van der Waals surface area contributed by atoms with Gasteiger partial charge in [0.15, 0.2) is 0 Å². The van der Waals surface area contributed by atoms with Crippen LogP contribution in [0.15, 0.2) is 29.4 Å². The summed E-state index contributed by atoms with van der Waals surface area (Å²) in [6.45, 7) is 4.29. The number of rotatable bonds is 4. The lowest BCUT2D eigenvalue weighted by atomic mass is 10.2. The highest BCUT2D eigenvalue weighted by Gasteiger charge is 1.93. The Morgan fingerprint density at radius 2 is 1.86 bits per heavy atom. The van der Waals surface area contributed by atoms with Gasteiger partial charge in [-0.15, -0.1) is 0 Å². The van der Waals surface area contributed by atoms with Crippen LogP contribution >= 0.6 is 0 Å². The van der Waals surface area contributed by atoms with Gasteiger partial charge in [-0.2, -0.15) is 0 Å². The summed E-state index contributed by atoms with van der Waals surface area (Å²) in [5, 5.41) is 3.85. The van der Waals surface area contributed by atoms with Gasteiger partial charge in [0.1, 0.15) is 12.4 Å². The number of oxime groups is 1. The molecule has 1 aromatic carbocycles. The van der Waals surface area contributed by atoms with E-state index < -0.39 is 0 Å². The second-order valence-electron chi connectivity index (χ2n) is 3.16. The van der Waals surface area contributed by atoms with E-state index in [0.29, 0.717) is 6.61 Å². The molecule has 0 aromatic heterocycles. The predicted molar refractivity (Wildman–Crippen MR) is 56.6 cm³/mol. The van der Waals surface area contributed by atoms with E-state index >= 15 is 0 Å². The van der Waals surface area contributed by atoms with Crippen LogP contribution in [0.3, 0.4) is 0 Å². The summed E-state index contributed by atoms with van der Waals surface area (Å²) in [6.07, 6.45) is 0. The second-order valence-corrected chi connectivity index (χ2v) is 3.16. The van der Waals surface area contributed by atoms with Crippen LogP contribution in [-0.4, -0.2) is 12.8 Å². The molecule has 0 saturated heterocycles. The molecule has 0 atom stereocenters. The standard InChI is InChI=1S/C11H15NO2/c1-9(2)12-14-8-10-4-6-11(13-3)7-5-10/h4-7H,8H2,1-3H3. The lowest BCUT2D eigenvalue weighted by Crippen LogP contribution is -1.90. The minimum atomic E-state index is 0.495. The van der Waals surface area contributed by atoms with Crippen LogP contribution in [0.4, 0.5) is 0 Å². The van der Waals surface area contributed by atoms with Crippen molar-refractivity contribution >= 4 is 5.71 Å². The number of hydrogen-bond donors (Lipinski definition) is 0. The zero-order chi connectivity index (χ0) is 10.4. The zero-order valence-electron chi connectivity index (χ0n) is 8.78. The minimum absolute atomic E-state index is 0.495. The summed E-state index contributed by atoms with van der Waals surface area (Å²) in [5.74, 6) is 0.851. The quantitative estimate of drug-likeness (QED) is 0.543. The molecule has 0 bridgehead atoms. The largest absolute Gasteiger partial charge is 0.497 e. The number of ether oxygens (including phenoxy) is 1. The van der Waals surface area contributed by atoms with E-state index in [9.17, 15) is 0 Å². The fourth-order valence-corrected chi connectivity index (χ4v) is 0.958. The lowest BCUT2D eigenvalue weighted by molar-refractivity contribution is 0.130. The monoisotopic (exact) mass is 193 g/mol. The fourth-order valence-electron chi connectivity index (χ4n) is 0.958. The van der Waals surface area contributed by atoms with Crippen molar-refractivity contribution in [1.29, 1.82) is 0 Å². The number of methoxy groups -OCH3 is 1. The summed E-state index contributed by atoms with van der Waals surface area (Å²) < 4.78 is 5.04. The smallest absolute Gasteiger partial charge is 0.142 e. The Morgan fingerprint density at radius 3 is 2.36 bits per heavy atom. The first-order valence-corrected chi connectivity index (χ1v) is 4.48. The van der Waals surface area contributed by atoms with Crippen LogP contribution in [0.5, 0.6) is 5.75 Å². The van der Waals surface area contributed by atoms with Crippen LogP contribution in [0, 0.1) is 0 Å². The van der Waals surface area contributed by atoms with Gasteiger partial charge in [-0.25, -0.2) is 0 Å². The molecule has 0 amide bonds. The van der Waals surface area contributed by atoms with Crippen LogP contribution in [0.1, 0.15) is 19.4 Å². The fraction of sp³-hybridized carbons (Fsp3) is 0.364. The Hall–Kier alpha value is -1.51. The minimum Gasteiger partial charge on any atom is -0.497 e. The van der Waals surface area contributed by atoms with Gasteiger partial charge in [0.25, 0.3) is 0 Å². The maximum absolute atomic E-state index is 5.10. The van der Waals surface area contributed by atoms with E-state index in [1.54, 1.807) is 7.11 Å². The lowest BCUT2D eigenvalue weighted by Gasteiger charge is -2.02. The van der Waals surface area contributed by atoms with Crippen LogP contribution in [0.25, 0.3) is 0 Å². The van der Waals surface area contributed by atoms with Crippen molar-refractivity contribution in [2.45, 2.75) is 20.5 Å². The van der Waals surface area contributed by atoms with Gasteiger partial charge >= 0.3 is 0 Å². The van der Waals surface area contributed by atoms with E-state index in [2.05, 4.69) is 5.16 Å². The Balaban J connectivity index is 2.48. The van der Waals surface area contributed by atoms with Crippen molar-refractivity contribution < 1.29 is 9.57 Å². The first-order chi connectivity index (χ1) is 6.72. The molecular formula is C11H15NO2. The molecule has 0 fully saturated rings. The summed E-state index contributed by atoms with van der Waals surface area (Å²) in [7, 11) is 1.65. The van der Waals surface area contributed by atoms with Gasteiger partial charge in [0, 0.05) is 0 Å². The van der Waals surface area contributed by atoms with Crippen molar-refractivity contribution in [3.8, 4) is 5.75 Å². The third-order valence-electron chi connectivity index (χ3n) is 1.64. The van der Waals surface area contributed by atoms with Crippen molar-refractivity contribution in [2.24, 2.45) is 5.16 Å². The molecule has 1 rings (SSSR count). The molecule has 1 aromatic rings. The molecule has 14 heavy (non-hydrogen) atoms. The first-order valence-electron chi connectivity index (χ1n) is 4.48. The van der Waals surface area contributed by atoms with Crippen LogP contribution < -0.4 is 4.74 Å². The molecule has 0 aliphatic heterocycles. The maximum Gasteiger partial charge on any atom is 0.142 e. The summed E-state index contributed by atoms with van der Waals surface area (Å²) in [5.41, 5.74) is 1.99. The molecule has 0 spiro atoms. The maximum atomic E-state index is 5.10. The van der Waals surface area contributed by atoms with Gasteiger partial charge in [-0.3, -0.25) is 0 Å². The Bertz CT molecular complexity index is 300. The SMILES string of the molecule is COc1ccc(CON=C(C)C)cc1. The van der Waals surface area contributed by atoms with Crippen molar-refractivity contribution in [3.63, 3.8) is 0 Å². The molecule has 0 radical (unpaired) electrons. The molecule has 0 saturated carbocycles. The molecular weight excluding hydrogens is 178 g/mol. The Morgan fingerprint density at radius 1 is 1.21 bits per heavy atom. The Labute approximate surface area is 84.3 Å². The highest BCUT2D eigenvalue weighted by atomic mass is 16.6. The van der Waals surface area contributed by atoms with Gasteiger partial charge in [-0.05, 0) is 31.5 Å². The van der Waals surface area contributed by atoms with E-state index in [1.807, 2.05) is 38.1 Å². The van der Waals surface area contributed by atoms with Crippen molar-refractivity contribution in [3.05, 3.63) is 29.8 Å². The second kappa shape index (κ2) is 5.27. The molecule has 0 aliphatic carbocycles. The topological polar surface area (TPSA) is 30.8 Å². The summed E-state index contributed by atoms with van der Waals surface area (Å²) in [4.78, 5) is 5.10. The van der Waals surface area contributed by atoms with E-state index in [0.717, 1.165) is 17.0 Å². The predicted octanol–water partition coefficient (Wildman–Crippen LogP) is 2.61.